The third kappa shape index (κ3) is 8.02. The largest absolute Gasteiger partial charge is 0.377 e. The van der Waals surface area contributed by atoms with E-state index in [0.29, 0.717) is 5.92 Å². The maximum absolute atomic E-state index is 5.66. The molecule has 0 aliphatic rings. The van der Waals surface area contributed by atoms with E-state index in [-0.39, 0.29) is 0 Å². The highest BCUT2D eigenvalue weighted by atomic mass is 16.5. The molecule has 0 spiro atoms. The van der Waals surface area contributed by atoms with Crippen LogP contribution in [0, 0.1) is 5.92 Å². The number of nitrogens with one attached hydrogen (secondary N) is 1. The van der Waals surface area contributed by atoms with E-state index in [2.05, 4.69) is 50.4 Å². The minimum atomic E-state index is 0.704. The van der Waals surface area contributed by atoms with Crippen LogP contribution in [0.3, 0.4) is 0 Å². The predicted octanol–water partition coefficient (Wildman–Crippen LogP) is 4.14. The van der Waals surface area contributed by atoms with Gasteiger partial charge in [0.15, 0.2) is 0 Å². The summed E-state index contributed by atoms with van der Waals surface area (Å²) in [7, 11) is 0. The Balaban J connectivity index is 2.19. The van der Waals surface area contributed by atoms with Gasteiger partial charge in [-0.25, -0.2) is 0 Å². The fourth-order valence-corrected chi connectivity index (χ4v) is 1.90. The van der Waals surface area contributed by atoms with Crippen molar-refractivity contribution >= 4 is 0 Å². The minimum Gasteiger partial charge on any atom is -0.377 e. The van der Waals surface area contributed by atoms with E-state index >= 15 is 0 Å². The van der Waals surface area contributed by atoms with Gasteiger partial charge < -0.3 is 10.1 Å². The van der Waals surface area contributed by atoms with E-state index in [0.717, 1.165) is 26.3 Å². The van der Waals surface area contributed by atoms with Gasteiger partial charge in [-0.15, -0.1) is 0 Å². The van der Waals surface area contributed by atoms with E-state index < -0.39 is 0 Å². The van der Waals surface area contributed by atoms with Gasteiger partial charge in [0, 0.05) is 13.2 Å². The summed E-state index contributed by atoms with van der Waals surface area (Å²) in [5.74, 6) is 0.704. The Labute approximate surface area is 118 Å². The Morgan fingerprint density at radius 3 is 2.37 bits per heavy atom. The average Bonchev–Trinajstić information content (AvgIpc) is 2.40. The van der Waals surface area contributed by atoms with Crippen molar-refractivity contribution in [1.29, 1.82) is 0 Å². The summed E-state index contributed by atoms with van der Waals surface area (Å²) < 4.78 is 5.66. The highest BCUT2D eigenvalue weighted by Gasteiger charge is 1.97. The van der Waals surface area contributed by atoms with E-state index in [4.69, 9.17) is 4.74 Å². The monoisotopic (exact) mass is 263 g/mol. The van der Waals surface area contributed by atoms with Gasteiger partial charge in [-0.3, -0.25) is 0 Å². The lowest BCUT2D eigenvalue weighted by Gasteiger charge is -2.08. The van der Waals surface area contributed by atoms with Gasteiger partial charge in [0.2, 0.25) is 0 Å². The van der Waals surface area contributed by atoms with E-state index in [1.165, 1.54) is 30.4 Å². The first-order valence-corrected chi connectivity index (χ1v) is 7.58. The normalized spacial score (nSPS) is 11.2. The van der Waals surface area contributed by atoms with Crippen LogP contribution in [0.5, 0.6) is 0 Å². The first kappa shape index (κ1) is 16.2. The number of hydrogen-bond acceptors (Lipinski definition) is 2. The molecule has 0 radical (unpaired) electrons. The highest BCUT2D eigenvalue weighted by molar-refractivity contribution is 5.21. The van der Waals surface area contributed by atoms with Crippen molar-refractivity contribution < 1.29 is 4.74 Å². The molecule has 0 aromatic heterocycles. The smallest absolute Gasteiger partial charge is 0.0716 e. The summed E-state index contributed by atoms with van der Waals surface area (Å²) in [6.07, 6.45) is 3.69. The molecule has 19 heavy (non-hydrogen) atoms. The molecule has 108 valence electrons. The molecule has 0 unspecified atom stereocenters. The van der Waals surface area contributed by atoms with E-state index in [9.17, 15) is 0 Å². The first-order chi connectivity index (χ1) is 9.22. The molecule has 0 heterocycles. The minimum absolute atomic E-state index is 0.704. The average molecular weight is 263 g/mol. The van der Waals surface area contributed by atoms with Crippen LogP contribution < -0.4 is 5.32 Å². The molecule has 0 fully saturated rings. The van der Waals surface area contributed by atoms with Crippen LogP contribution in [-0.2, 0) is 17.9 Å². The summed E-state index contributed by atoms with van der Waals surface area (Å²) in [5.41, 5.74) is 2.61. The second kappa shape index (κ2) is 9.99. The Bertz CT molecular complexity index is 319. The fraction of sp³-hybridized carbons (Fsp3) is 0.647. The summed E-state index contributed by atoms with van der Waals surface area (Å²) in [6.45, 7) is 10.3. The van der Waals surface area contributed by atoms with Gasteiger partial charge in [0.25, 0.3) is 0 Å². The Morgan fingerprint density at radius 2 is 1.74 bits per heavy atom. The van der Waals surface area contributed by atoms with Gasteiger partial charge in [-0.05, 0) is 30.0 Å². The van der Waals surface area contributed by atoms with Gasteiger partial charge in [-0.2, -0.15) is 0 Å². The van der Waals surface area contributed by atoms with Crippen molar-refractivity contribution in [2.24, 2.45) is 5.92 Å². The lowest BCUT2D eigenvalue weighted by Crippen LogP contribution is -2.18. The molecular weight excluding hydrogens is 234 g/mol. The maximum atomic E-state index is 5.66. The summed E-state index contributed by atoms with van der Waals surface area (Å²) in [4.78, 5) is 0. The number of hydrogen-bond donors (Lipinski definition) is 1. The van der Waals surface area contributed by atoms with E-state index in [1.807, 2.05) is 0 Å². The number of unbranched alkanes of at least 4 members (excludes halogenated alkanes) is 2. The molecule has 0 bridgehead atoms. The van der Waals surface area contributed by atoms with Crippen LogP contribution in [0.4, 0.5) is 0 Å². The Hall–Kier alpha value is -0.860. The molecule has 0 amide bonds. The molecule has 0 saturated heterocycles. The fourth-order valence-electron chi connectivity index (χ4n) is 1.90. The second-order valence-corrected chi connectivity index (χ2v) is 5.60. The SMILES string of the molecule is CCCCCOCc1ccc(CNCC(C)C)cc1. The Morgan fingerprint density at radius 1 is 1.05 bits per heavy atom. The molecule has 2 heteroatoms. The van der Waals surface area contributed by atoms with Crippen molar-refractivity contribution in [2.75, 3.05) is 13.2 Å². The van der Waals surface area contributed by atoms with Crippen LogP contribution in [-0.4, -0.2) is 13.2 Å². The summed E-state index contributed by atoms with van der Waals surface area (Å²) >= 11 is 0. The molecule has 1 N–H and O–H groups in total. The summed E-state index contributed by atoms with van der Waals surface area (Å²) in [5, 5.41) is 3.46. The van der Waals surface area contributed by atoms with Crippen LogP contribution in [0.1, 0.15) is 51.2 Å². The van der Waals surface area contributed by atoms with Gasteiger partial charge in [0.1, 0.15) is 0 Å². The molecule has 0 aliphatic heterocycles. The third-order valence-electron chi connectivity index (χ3n) is 3.07. The molecule has 1 aromatic carbocycles. The zero-order valence-electron chi connectivity index (χ0n) is 12.7. The predicted molar refractivity (Wildman–Crippen MR) is 82.2 cm³/mol. The molecule has 1 aromatic rings. The van der Waals surface area contributed by atoms with Crippen LogP contribution in [0.25, 0.3) is 0 Å². The van der Waals surface area contributed by atoms with Crippen molar-refractivity contribution in [1.82, 2.24) is 5.32 Å². The lowest BCUT2D eigenvalue weighted by atomic mass is 10.1. The molecular formula is C17H29NO. The molecule has 1 rings (SSSR count). The van der Waals surface area contributed by atoms with Crippen molar-refractivity contribution in [3.8, 4) is 0 Å². The first-order valence-electron chi connectivity index (χ1n) is 7.58. The van der Waals surface area contributed by atoms with Gasteiger partial charge in [0.05, 0.1) is 6.61 Å². The number of ether oxygens (including phenoxy) is 1. The molecule has 0 atom stereocenters. The lowest BCUT2D eigenvalue weighted by molar-refractivity contribution is 0.117. The zero-order valence-corrected chi connectivity index (χ0v) is 12.7. The quantitative estimate of drug-likeness (QED) is 0.641. The molecule has 0 aliphatic carbocycles. The van der Waals surface area contributed by atoms with Crippen LogP contribution >= 0.6 is 0 Å². The standard InChI is InChI=1S/C17H29NO/c1-4-5-6-11-19-14-17-9-7-16(8-10-17)13-18-12-15(2)3/h7-10,15,18H,4-6,11-14H2,1-3H3. The number of rotatable bonds is 10. The van der Waals surface area contributed by atoms with Crippen molar-refractivity contribution in [3.05, 3.63) is 35.4 Å². The second-order valence-electron chi connectivity index (χ2n) is 5.60. The topological polar surface area (TPSA) is 21.3 Å². The molecule has 2 nitrogen and oxygen atoms in total. The highest BCUT2D eigenvalue weighted by Crippen LogP contribution is 2.06. The number of benzene rings is 1. The van der Waals surface area contributed by atoms with Crippen LogP contribution in [0.15, 0.2) is 24.3 Å². The zero-order chi connectivity index (χ0) is 13.9. The summed E-state index contributed by atoms with van der Waals surface area (Å²) in [6, 6.07) is 8.73. The van der Waals surface area contributed by atoms with Gasteiger partial charge >= 0.3 is 0 Å². The van der Waals surface area contributed by atoms with Gasteiger partial charge in [-0.1, -0.05) is 57.9 Å². The van der Waals surface area contributed by atoms with Crippen molar-refractivity contribution in [3.63, 3.8) is 0 Å². The Kier molecular flexibility index (Phi) is 8.52. The molecule has 0 saturated carbocycles. The maximum Gasteiger partial charge on any atom is 0.0716 e. The third-order valence-corrected chi connectivity index (χ3v) is 3.07. The van der Waals surface area contributed by atoms with Crippen LogP contribution in [0.2, 0.25) is 0 Å². The van der Waals surface area contributed by atoms with Crippen molar-refractivity contribution in [2.45, 2.75) is 53.2 Å². The van der Waals surface area contributed by atoms with E-state index in [1.54, 1.807) is 0 Å².